The molecule has 1 unspecified atom stereocenters. The summed E-state index contributed by atoms with van der Waals surface area (Å²) >= 11 is 0. The van der Waals surface area contributed by atoms with Crippen molar-refractivity contribution in [3.63, 3.8) is 0 Å². The minimum Gasteiger partial charge on any atom is -0.344 e. The monoisotopic (exact) mass is 162 g/mol. The maximum Gasteiger partial charge on any atom is 0.277 e. The molecule has 0 aromatic carbocycles. The van der Waals surface area contributed by atoms with Crippen LogP contribution in [0.25, 0.3) is 0 Å². The van der Waals surface area contributed by atoms with Crippen LogP contribution < -0.4 is 0 Å². The van der Waals surface area contributed by atoms with Crippen LogP contribution in [0, 0.1) is 0 Å². The Kier molecular flexibility index (Phi) is 5.46. The van der Waals surface area contributed by atoms with E-state index >= 15 is 0 Å². The van der Waals surface area contributed by atoms with Crippen LogP contribution in [0.2, 0.25) is 0 Å². The lowest BCUT2D eigenvalue weighted by molar-refractivity contribution is -0.347. The first-order valence-corrected chi connectivity index (χ1v) is 4.12. The van der Waals surface area contributed by atoms with E-state index in [-0.39, 0.29) is 0 Å². The summed E-state index contributed by atoms with van der Waals surface area (Å²) in [5, 5.41) is 9.30. The van der Waals surface area contributed by atoms with E-state index in [0.717, 1.165) is 12.8 Å². The van der Waals surface area contributed by atoms with Crippen molar-refractivity contribution in [3.05, 3.63) is 0 Å². The van der Waals surface area contributed by atoms with Crippen LogP contribution in [0.4, 0.5) is 0 Å². The number of unbranched alkanes of at least 4 members (excludes halogenated alkanes) is 1. The molecule has 0 amide bonds. The lowest BCUT2D eigenvalue weighted by atomic mass is 10.4. The van der Waals surface area contributed by atoms with Gasteiger partial charge in [0.25, 0.3) is 5.97 Å². The third-order valence-corrected chi connectivity index (χ3v) is 1.28. The van der Waals surface area contributed by atoms with Crippen molar-refractivity contribution in [2.75, 3.05) is 13.2 Å². The number of rotatable bonds is 6. The van der Waals surface area contributed by atoms with E-state index in [0.29, 0.717) is 13.2 Å². The molecule has 0 aromatic heterocycles. The van der Waals surface area contributed by atoms with Crippen LogP contribution in [0.1, 0.15) is 33.6 Å². The molecular formula is C8H18O3. The van der Waals surface area contributed by atoms with Crippen molar-refractivity contribution in [3.8, 4) is 0 Å². The van der Waals surface area contributed by atoms with Crippen molar-refractivity contribution in [2.24, 2.45) is 0 Å². The molecule has 0 radical (unpaired) electrons. The Morgan fingerprint density at radius 2 is 1.91 bits per heavy atom. The average Bonchev–Trinajstić information content (AvgIpc) is 1.87. The standard InChI is InChI=1S/C8H18O3/c1-4-6-7-11-8(3,9)10-5-2/h9H,4-7H2,1-3H3. The first kappa shape index (κ1) is 10.9. The molecule has 0 aliphatic rings. The summed E-state index contributed by atoms with van der Waals surface area (Å²) in [4.78, 5) is 0. The van der Waals surface area contributed by atoms with E-state index in [4.69, 9.17) is 9.47 Å². The van der Waals surface area contributed by atoms with Gasteiger partial charge in [-0.2, -0.15) is 0 Å². The Labute approximate surface area is 68.3 Å². The van der Waals surface area contributed by atoms with Crippen LogP contribution in [0.5, 0.6) is 0 Å². The molecule has 0 saturated heterocycles. The summed E-state index contributed by atoms with van der Waals surface area (Å²) in [5.74, 6) is -1.40. The Balaban J connectivity index is 3.38. The van der Waals surface area contributed by atoms with Gasteiger partial charge < -0.3 is 14.6 Å². The highest BCUT2D eigenvalue weighted by Gasteiger charge is 2.19. The molecule has 0 aliphatic carbocycles. The second-order valence-corrected chi connectivity index (χ2v) is 2.53. The highest BCUT2D eigenvalue weighted by atomic mass is 16.8. The minimum atomic E-state index is -1.40. The summed E-state index contributed by atoms with van der Waals surface area (Å²) in [5.41, 5.74) is 0. The van der Waals surface area contributed by atoms with Crippen LogP contribution in [-0.4, -0.2) is 24.3 Å². The third-order valence-electron chi connectivity index (χ3n) is 1.28. The maximum absolute atomic E-state index is 9.30. The molecular weight excluding hydrogens is 144 g/mol. The smallest absolute Gasteiger partial charge is 0.277 e. The molecule has 68 valence electrons. The van der Waals surface area contributed by atoms with Gasteiger partial charge in [-0.25, -0.2) is 0 Å². The lowest BCUT2D eigenvalue weighted by Crippen LogP contribution is -2.32. The van der Waals surface area contributed by atoms with E-state index in [1.807, 2.05) is 6.92 Å². The van der Waals surface area contributed by atoms with Crippen LogP contribution in [0.3, 0.4) is 0 Å². The van der Waals surface area contributed by atoms with E-state index in [9.17, 15) is 5.11 Å². The van der Waals surface area contributed by atoms with Gasteiger partial charge >= 0.3 is 0 Å². The molecule has 0 aliphatic heterocycles. The van der Waals surface area contributed by atoms with Crippen molar-refractivity contribution >= 4 is 0 Å². The molecule has 11 heavy (non-hydrogen) atoms. The number of ether oxygens (including phenoxy) is 2. The summed E-state index contributed by atoms with van der Waals surface area (Å²) in [7, 11) is 0. The van der Waals surface area contributed by atoms with E-state index < -0.39 is 5.97 Å². The van der Waals surface area contributed by atoms with Crippen LogP contribution in [-0.2, 0) is 9.47 Å². The van der Waals surface area contributed by atoms with Gasteiger partial charge in [0.15, 0.2) is 0 Å². The second kappa shape index (κ2) is 5.52. The number of hydrogen-bond acceptors (Lipinski definition) is 3. The van der Waals surface area contributed by atoms with Gasteiger partial charge in [0.2, 0.25) is 0 Å². The average molecular weight is 162 g/mol. The highest BCUT2D eigenvalue weighted by molar-refractivity contribution is 4.42. The van der Waals surface area contributed by atoms with Crippen molar-refractivity contribution in [1.82, 2.24) is 0 Å². The molecule has 3 heteroatoms. The van der Waals surface area contributed by atoms with Crippen molar-refractivity contribution < 1.29 is 14.6 Å². The highest BCUT2D eigenvalue weighted by Crippen LogP contribution is 2.07. The molecule has 0 heterocycles. The first-order valence-electron chi connectivity index (χ1n) is 4.12. The molecule has 0 bridgehead atoms. The molecule has 1 atom stereocenters. The third kappa shape index (κ3) is 6.28. The Hall–Kier alpha value is -0.120. The Bertz CT molecular complexity index is 91.3. The molecule has 0 rings (SSSR count). The van der Waals surface area contributed by atoms with Gasteiger partial charge in [-0.15, -0.1) is 0 Å². The van der Waals surface area contributed by atoms with E-state index in [2.05, 4.69) is 6.92 Å². The molecule has 0 fully saturated rings. The largest absolute Gasteiger partial charge is 0.344 e. The molecule has 3 nitrogen and oxygen atoms in total. The van der Waals surface area contributed by atoms with Gasteiger partial charge in [0, 0.05) is 13.5 Å². The summed E-state index contributed by atoms with van der Waals surface area (Å²) < 4.78 is 9.95. The topological polar surface area (TPSA) is 38.7 Å². The fraction of sp³-hybridized carbons (Fsp3) is 1.00. The van der Waals surface area contributed by atoms with Crippen LogP contribution in [0.15, 0.2) is 0 Å². The van der Waals surface area contributed by atoms with Crippen molar-refractivity contribution in [2.45, 2.75) is 39.6 Å². The number of hydrogen-bond donors (Lipinski definition) is 1. The zero-order valence-electron chi connectivity index (χ0n) is 7.59. The fourth-order valence-corrected chi connectivity index (χ4v) is 0.715. The minimum absolute atomic E-state index is 0.457. The quantitative estimate of drug-likeness (QED) is 0.475. The van der Waals surface area contributed by atoms with Gasteiger partial charge in [0.05, 0.1) is 6.61 Å². The SMILES string of the molecule is CCCCOC(C)(O)OCC. The fourth-order valence-electron chi connectivity index (χ4n) is 0.715. The van der Waals surface area contributed by atoms with E-state index in [1.165, 1.54) is 6.92 Å². The molecule has 0 spiro atoms. The van der Waals surface area contributed by atoms with Gasteiger partial charge in [0.1, 0.15) is 0 Å². The summed E-state index contributed by atoms with van der Waals surface area (Å²) in [6, 6.07) is 0. The normalized spacial score (nSPS) is 16.4. The predicted molar refractivity (Wildman–Crippen MR) is 43.1 cm³/mol. The zero-order chi connectivity index (χ0) is 8.74. The first-order chi connectivity index (χ1) is 5.12. The van der Waals surface area contributed by atoms with Gasteiger partial charge in [-0.05, 0) is 13.3 Å². The number of aliphatic hydroxyl groups is 1. The van der Waals surface area contributed by atoms with E-state index in [1.54, 1.807) is 0 Å². The predicted octanol–water partition coefficient (Wildman–Crippen LogP) is 1.51. The van der Waals surface area contributed by atoms with Crippen molar-refractivity contribution in [1.29, 1.82) is 0 Å². The lowest BCUT2D eigenvalue weighted by Gasteiger charge is -2.22. The summed E-state index contributed by atoms with van der Waals surface area (Å²) in [6.07, 6.45) is 2.01. The molecule has 1 N–H and O–H groups in total. The van der Waals surface area contributed by atoms with Crippen LogP contribution >= 0.6 is 0 Å². The Morgan fingerprint density at radius 3 is 2.36 bits per heavy atom. The van der Waals surface area contributed by atoms with Gasteiger partial charge in [-0.3, -0.25) is 0 Å². The maximum atomic E-state index is 9.30. The second-order valence-electron chi connectivity index (χ2n) is 2.53. The summed E-state index contributed by atoms with van der Waals surface area (Å²) in [6.45, 7) is 6.39. The Morgan fingerprint density at radius 1 is 1.27 bits per heavy atom. The van der Waals surface area contributed by atoms with Gasteiger partial charge in [-0.1, -0.05) is 13.3 Å². The molecule has 0 saturated carbocycles. The molecule has 0 aromatic rings. The zero-order valence-corrected chi connectivity index (χ0v) is 7.59.